The van der Waals surface area contributed by atoms with Crippen molar-refractivity contribution < 1.29 is 42.9 Å². The van der Waals surface area contributed by atoms with E-state index in [-0.39, 0.29) is 0 Å². The smallest absolute Gasteiger partial charge is 0.344 e. The number of ether oxygens (including phenoxy) is 5. The minimum Gasteiger partial charge on any atom is -0.466 e. The van der Waals surface area contributed by atoms with E-state index in [0.717, 1.165) is 14.2 Å². The van der Waals surface area contributed by atoms with Gasteiger partial charge in [0.1, 0.15) is 13.2 Å². The molecule has 0 heterocycles. The average molecular weight is 278 g/mol. The Morgan fingerprint density at radius 2 is 1.00 bits per heavy atom. The Bertz CT molecular complexity index is 304. The average Bonchev–Trinajstić information content (AvgIpc) is 2.41. The largest absolute Gasteiger partial charge is 0.466 e. The van der Waals surface area contributed by atoms with Crippen LogP contribution in [0.1, 0.15) is 0 Å². The Kier molecular flexibility index (Phi) is 8.71. The highest BCUT2D eigenvalue weighted by atomic mass is 16.6. The third kappa shape index (κ3) is 9.53. The molecule has 0 aromatic rings. The molecule has 0 aliphatic rings. The second-order valence-corrected chi connectivity index (χ2v) is 2.97. The molecule has 9 heteroatoms. The third-order valence-electron chi connectivity index (χ3n) is 1.60. The number of esters is 4. The van der Waals surface area contributed by atoms with Gasteiger partial charge in [0.2, 0.25) is 0 Å². The van der Waals surface area contributed by atoms with E-state index in [4.69, 9.17) is 0 Å². The van der Waals surface area contributed by atoms with Crippen LogP contribution in [0, 0.1) is 0 Å². The van der Waals surface area contributed by atoms with Crippen LogP contribution in [0.2, 0.25) is 0 Å². The number of hydrogen-bond acceptors (Lipinski definition) is 9. The lowest BCUT2D eigenvalue weighted by molar-refractivity contribution is -0.164. The summed E-state index contributed by atoms with van der Waals surface area (Å²) in [6.07, 6.45) is 0. The van der Waals surface area contributed by atoms with Gasteiger partial charge >= 0.3 is 23.9 Å². The van der Waals surface area contributed by atoms with Gasteiger partial charge in [0, 0.05) is 0 Å². The van der Waals surface area contributed by atoms with Crippen molar-refractivity contribution in [3.63, 3.8) is 0 Å². The molecule has 0 aromatic heterocycles. The van der Waals surface area contributed by atoms with Crippen LogP contribution in [-0.2, 0) is 42.9 Å². The second-order valence-electron chi connectivity index (χ2n) is 2.97. The predicted molar refractivity (Wildman–Crippen MR) is 56.8 cm³/mol. The highest BCUT2D eigenvalue weighted by Gasteiger charge is 2.11. The molecule has 0 saturated carbocycles. The molecular formula is C10H14O9. The zero-order chi connectivity index (χ0) is 14.7. The number of rotatable bonds is 8. The van der Waals surface area contributed by atoms with Gasteiger partial charge in [-0.05, 0) is 0 Å². The molecule has 0 fully saturated rings. The van der Waals surface area contributed by atoms with Crippen LogP contribution in [0.25, 0.3) is 0 Å². The molecule has 19 heavy (non-hydrogen) atoms. The molecule has 0 aliphatic carbocycles. The highest BCUT2D eigenvalue weighted by Crippen LogP contribution is 1.87. The summed E-state index contributed by atoms with van der Waals surface area (Å²) in [7, 11) is 2.29. The first-order valence-corrected chi connectivity index (χ1v) is 5.02. The summed E-state index contributed by atoms with van der Waals surface area (Å²) in [6.45, 7) is -2.15. The molecule has 0 saturated heterocycles. The lowest BCUT2D eigenvalue weighted by Crippen LogP contribution is -2.22. The van der Waals surface area contributed by atoms with Gasteiger partial charge in [-0.1, -0.05) is 0 Å². The molecule has 0 atom stereocenters. The van der Waals surface area contributed by atoms with Crippen LogP contribution in [0.4, 0.5) is 0 Å². The zero-order valence-electron chi connectivity index (χ0n) is 10.5. The number of methoxy groups -OCH3 is 2. The van der Waals surface area contributed by atoms with Crippen LogP contribution in [-0.4, -0.2) is 64.5 Å². The predicted octanol–water partition coefficient (Wildman–Crippen LogP) is -1.56. The van der Waals surface area contributed by atoms with Gasteiger partial charge < -0.3 is 23.7 Å². The first kappa shape index (κ1) is 16.8. The minimum atomic E-state index is -0.842. The molecule has 0 rings (SSSR count). The van der Waals surface area contributed by atoms with Crippen molar-refractivity contribution in [1.29, 1.82) is 0 Å². The van der Waals surface area contributed by atoms with Gasteiger partial charge in [-0.15, -0.1) is 0 Å². The van der Waals surface area contributed by atoms with E-state index in [0.29, 0.717) is 0 Å². The van der Waals surface area contributed by atoms with Crippen molar-refractivity contribution in [2.45, 2.75) is 0 Å². The van der Waals surface area contributed by atoms with E-state index in [1.54, 1.807) is 0 Å². The molecule has 0 amide bonds. The summed E-state index contributed by atoms with van der Waals surface area (Å²) in [5, 5.41) is 0. The fraction of sp³-hybridized carbons (Fsp3) is 0.600. The standard InChI is InChI=1S/C10H14O9/c1-15-7(11)5-18-9(13)3-17-4-10(14)19-6-8(12)16-2/h3-6H2,1-2H3. The number of carbonyl (C=O) groups excluding carboxylic acids is 4. The van der Waals surface area contributed by atoms with Crippen LogP contribution in [0.5, 0.6) is 0 Å². The summed E-state index contributed by atoms with van der Waals surface area (Å²) in [4.78, 5) is 43.2. The molecular weight excluding hydrogens is 264 g/mol. The molecule has 9 nitrogen and oxygen atoms in total. The van der Waals surface area contributed by atoms with Crippen molar-refractivity contribution in [3.8, 4) is 0 Å². The molecule has 0 bridgehead atoms. The Morgan fingerprint density at radius 3 is 1.32 bits per heavy atom. The number of carbonyl (C=O) groups is 4. The maximum atomic E-state index is 11.0. The Morgan fingerprint density at radius 1 is 0.632 bits per heavy atom. The molecule has 0 aromatic carbocycles. The third-order valence-corrected chi connectivity index (χ3v) is 1.60. The molecule has 0 spiro atoms. The lowest BCUT2D eigenvalue weighted by atomic mass is 10.6. The van der Waals surface area contributed by atoms with Crippen molar-refractivity contribution >= 4 is 23.9 Å². The molecule has 108 valence electrons. The summed E-state index contributed by atoms with van der Waals surface area (Å²) in [5.41, 5.74) is 0. The van der Waals surface area contributed by atoms with Crippen molar-refractivity contribution in [2.24, 2.45) is 0 Å². The topological polar surface area (TPSA) is 114 Å². The van der Waals surface area contributed by atoms with E-state index in [1.165, 1.54) is 0 Å². The Labute approximate surface area is 108 Å². The van der Waals surface area contributed by atoms with E-state index >= 15 is 0 Å². The maximum absolute atomic E-state index is 11.0. The van der Waals surface area contributed by atoms with Gasteiger partial charge in [-0.3, -0.25) is 0 Å². The van der Waals surface area contributed by atoms with Crippen LogP contribution in [0.3, 0.4) is 0 Å². The maximum Gasteiger partial charge on any atom is 0.344 e. The van der Waals surface area contributed by atoms with Gasteiger partial charge in [-0.2, -0.15) is 0 Å². The summed E-state index contributed by atoms with van der Waals surface area (Å²) in [6, 6.07) is 0. The fourth-order valence-electron chi connectivity index (χ4n) is 0.698. The van der Waals surface area contributed by atoms with E-state index in [9.17, 15) is 19.2 Å². The SMILES string of the molecule is COC(=O)COC(=O)COCC(=O)OCC(=O)OC. The Balaban J connectivity index is 3.61. The number of hydrogen-bond donors (Lipinski definition) is 0. The molecule has 0 aliphatic heterocycles. The highest BCUT2D eigenvalue weighted by molar-refractivity contribution is 5.78. The first-order chi connectivity index (χ1) is 8.99. The van der Waals surface area contributed by atoms with Crippen LogP contribution < -0.4 is 0 Å². The van der Waals surface area contributed by atoms with Gasteiger partial charge in [0.25, 0.3) is 0 Å². The molecule has 0 N–H and O–H groups in total. The van der Waals surface area contributed by atoms with Gasteiger partial charge in [0.05, 0.1) is 14.2 Å². The van der Waals surface area contributed by atoms with E-state index < -0.39 is 50.3 Å². The van der Waals surface area contributed by atoms with Gasteiger partial charge in [-0.25, -0.2) is 19.2 Å². The quantitative estimate of drug-likeness (QED) is 0.383. The van der Waals surface area contributed by atoms with Crippen molar-refractivity contribution in [1.82, 2.24) is 0 Å². The summed E-state index contributed by atoms with van der Waals surface area (Å²) < 4.78 is 22.0. The summed E-state index contributed by atoms with van der Waals surface area (Å²) in [5.74, 6) is -3.12. The van der Waals surface area contributed by atoms with E-state index in [1.807, 2.05) is 0 Å². The van der Waals surface area contributed by atoms with Crippen molar-refractivity contribution in [3.05, 3.63) is 0 Å². The Hall–Kier alpha value is -2.16. The van der Waals surface area contributed by atoms with Crippen LogP contribution in [0.15, 0.2) is 0 Å². The van der Waals surface area contributed by atoms with E-state index in [2.05, 4.69) is 23.7 Å². The molecule has 0 unspecified atom stereocenters. The first-order valence-electron chi connectivity index (χ1n) is 5.02. The normalized spacial score (nSPS) is 9.37. The lowest BCUT2D eigenvalue weighted by Gasteiger charge is -2.05. The van der Waals surface area contributed by atoms with Crippen molar-refractivity contribution in [2.75, 3.05) is 40.6 Å². The second kappa shape index (κ2) is 9.83. The minimum absolute atomic E-state index is 0.536. The summed E-state index contributed by atoms with van der Waals surface area (Å²) >= 11 is 0. The van der Waals surface area contributed by atoms with Crippen LogP contribution >= 0.6 is 0 Å². The monoisotopic (exact) mass is 278 g/mol. The zero-order valence-corrected chi connectivity index (χ0v) is 10.5. The molecule has 0 radical (unpaired) electrons. The fourth-order valence-corrected chi connectivity index (χ4v) is 0.698. The van der Waals surface area contributed by atoms with Gasteiger partial charge in [0.15, 0.2) is 13.2 Å².